The van der Waals surface area contributed by atoms with E-state index in [0.717, 1.165) is 12.8 Å². The lowest BCUT2D eigenvalue weighted by Crippen LogP contribution is -2.53. The van der Waals surface area contributed by atoms with Crippen molar-refractivity contribution in [3.8, 4) is 0 Å². The van der Waals surface area contributed by atoms with E-state index in [9.17, 15) is 0 Å². The van der Waals surface area contributed by atoms with Crippen LogP contribution in [0.25, 0.3) is 0 Å². The van der Waals surface area contributed by atoms with E-state index in [1.807, 2.05) is 0 Å². The maximum Gasteiger partial charge on any atom is 0.0612 e. The second-order valence-electron chi connectivity index (χ2n) is 7.27. The molecule has 1 aliphatic rings. The average molecular weight is 227 g/mol. The lowest BCUT2D eigenvalue weighted by atomic mass is 9.83. The summed E-state index contributed by atoms with van der Waals surface area (Å²) < 4.78 is 5.93. The van der Waals surface area contributed by atoms with Crippen molar-refractivity contribution in [1.29, 1.82) is 0 Å². The Morgan fingerprint density at radius 1 is 1.06 bits per heavy atom. The van der Waals surface area contributed by atoms with Crippen molar-refractivity contribution in [2.45, 2.75) is 85.1 Å². The van der Waals surface area contributed by atoms with E-state index >= 15 is 0 Å². The van der Waals surface area contributed by atoms with Gasteiger partial charge in [0.25, 0.3) is 0 Å². The normalized spacial score (nSPS) is 28.7. The van der Waals surface area contributed by atoms with E-state index in [1.165, 1.54) is 0 Å². The molecule has 0 radical (unpaired) electrons. The van der Waals surface area contributed by atoms with E-state index in [4.69, 9.17) is 4.74 Å². The molecule has 1 unspecified atom stereocenters. The minimum atomic E-state index is 0.00524. The summed E-state index contributed by atoms with van der Waals surface area (Å²) in [5.41, 5.74) is 0.348. The van der Waals surface area contributed by atoms with Crippen LogP contribution in [0.4, 0.5) is 0 Å². The van der Waals surface area contributed by atoms with Crippen LogP contribution >= 0.6 is 0 Å². The van der Waals surface area contributed by atoms with E-state index in [-0.39, 0.29) is 5.60 Å². The Hall–Kier alpha value is -0.0800. The van der Waals surface area contributed by atoms with Crippen LogP contribution in [-0.4, -0.2) is 23.8 Å². The van der Waals surface area contributed by atoms with Gasteiger partial charge in [-0.05, 0) is 46.0 Å². The molecule has 1 saturated carbocycles. The molecule has 0 amide bonds. The predicted octanol–water partition coefficient (Wildman–Crippen LogP) is 3.36. The minimum absolute atomic E-state index is 0.00524. The summed E-state index contributed by atoms with van der Waals surface area (Å²) in [4.78, 5) is 0. The second kappa shape index (κ2) is 4.66. The van der Waals surface area contributed by atoms with Gasteiger partial charge in [0.15, 0.2) is 0 Å². The number of hydrogen-bond acceptors (Lipinski definition) is 2. The van der Waals surface area contributed by atoms with Gasteiger partial charge in [-0.1, -0.05) is 20.8 Å². The minimum Gasteiger partial charge on any atom is -0.373 e. The largest absolute Gasteiger partial charge is 0.373 e. The molecule has 0 aromatic heterocycles. The molecule has 96 valence electrons. The molecule has 0 heterocycles. The summed E-state index contributed by atoms with van der Waals surface area (Å²) in [5, 5.41) is 3.69. The van der Waals surface area contributed by atoms with Crippen molar-refractivity contribution in [3.63, 3.8) is 0 Å². The van der Waals surface area contributed by atoms with Crippen molar-refractivity contribution in [3.05, 3.63) is 0 Å². The Labute approximate surface area is 101 Å². The lowest BCUT2D eigenvalue weighted by Gasteiger charge is -2.43. The maximum absolute atomic E-state index is 5.93. The van der Waals surface area contributed by atoms with Crippen molar-refractivity contribution in [2.75, 3.05) is 0 Å². The van der Waals surface area contributed by atoms with Gasteiger partial charge in [0, 0.05) is 12.1 Å². The van der Waals surface area contributed by atoms with Gasteiger partial charge in [-0.25, -0.2) is 0 Å². The Balaban J connectivity index is 2.22. The van der Waals surface area contributed by atoms with Crippen molar-refractivity contribution in [2.24, 2.45) is 5.41 Å². The zero-order chi connectivity index (χ0) is 12.6. The van der Waals surface area contributed by atoms with Crippen LogP contribution < -0.4 is 5.32 Å². The monoisotopic (exact) mass is 227 g/mol. The van der Waals surface area contributed by atoms with Gasteiger partial charge >= 0.3 is 0 Å². The fraction of sp³-hybridized carbons (Fsp3) is 1.00. The first kappa shape index (κ1) is 14.0. The highest BCUT2D eigenvalue weighted by Gasteiger charge is 2.34. The molecule has 1 rings (SSSR count). The molecule has 1 fully saturated rings. The van der Waals surface area contributed by atoms with Crippen LogP contribution in [0.1, 0.15) is 61.3 Å². The quantitative estimate of drug-likeness (QED) is 0.798. The van der Waals surface area contributed by atoms with E-state index in [1.54, 1.807) is 0 Å². The van der Waals surface area contributed by atoms with Crippen molar-refractivity contribution in [1.82, 2.24) is 5.32 Å². The van der Waals surface area contributed by atoms with Crippen LogP contribution in [0, 0.1) is 5.41 Å². The first-order valence-corrected chi connectivity index (χ1v) is 6.52. The lowest BCUT2D eigenvalue weighted by molar-refractivity contribution is -0.104. The van der Waals surface area contributed by atoms with Crippen LogP contribution in [0.15, 0.2) is 0 Å². The highest BCUT2D eigenvalue weighted by molar-refractivity contribution is 4.91. The molecule has 1 aliphatic carbocycles. The fourth-order valence-electron chi connectivity index (χ4n) is 1.90. The van der Waals surface area contributed by atoms with Gasteiger partial charge in [0.1, 0.15) is 0 Å². The maximum atomic E-state index is 5.93. The van der Waals surface area contributed by atoms with Crippen molar-refractivity contribution < 1.29 is 4.74 Å². The van der Waals surface area contributed by atoms with Crippen LogP contribution in [-0.2, 0) is 4.74 Å². The van der Waals surface area contributed by atoms with Crippen LogP contribution in [0.2, 0.25) is 0 Å². The van der Waals surface area contributed by atoms with E-state index in [0.29, 0.717) is 23.6 Å². The molecule has 0 aromatic rings. The topological polar surface area (TPSA) is 21.3 Å². The standard InChI is InChI=1S/C14H29NO/c1-10(13(2,3)4)15-11-8-12(9-11)16-14(5,6)7/h10-12,15H,8-9H2,1-7H3. The van der Waals surface area contributed by atoms with Gasteiger partial charge < -0.3 is 10.1 Å². The Morgan fingerprint density at radius 2 is 1.56 bits per heavy atom. The molecule has 0 aromatic carbocycles. The average Bonchev–Trinajstić information content (AvgIpc) is 1.95. The molecule has 0 saturated heterocycles. The molecule has 0 bridgehead atoms. The number of rotatable bonds is 3. The fourth-order valence-corrected chi connectivity index (χ4v) is 1.90. The van der Waals surface area contributed by atoms with E-state index in [2.05, 4.69) is 53.8 Å². The van der Waals surface area contributed by atoms with E-state index < -0.39 is 0 Å². The van der Waals surface area contributed by atoms with Gasteiger partial charge in [0.05, 0.1) is 11.7 Å². The molecular formula is C14H29NO. The SMILES string of the molecule is CC(NC1CC(OC(C)(C)C)C1)C(C)(C)C. The number of nitrogens with one attached hydrogen (secondary N) is 1. The summed E-state index contributed by atoms with van der Waals surface area (Å²) in [7, 11) is 0. The molecule has 1 atom stereocenters. The Morgan fingerprint density at radius 3 is 1.94 bits per heavy atom. The smallest absolute Gasteiger partial charge is 0.0612 e. The van der Waals surface area contributed by atoms with Gasteiger partial charge in [-0.15, -0.1) is 0 Å². The third-order valence-electron chi connectivity index (χ3n) is 3.40. The third kappa shape index (κ3) is 4.42. The van der Waals surface area contributed by atoms with Crippen LogP contribution in [0.5, 0.6) is 0 Å². The molecule has 2 nitrogen and oxygen atoms in total. The summed E-state index contributed by atoms with van der Waals surface area (Å²) >= 11 is 0. The second-order valence-corrected chi connectivity index (χ2v) is 7.27. The molecule has 2 heteroatoms. The van der Waals surface area contributed by atoms with Crippen molar-refractivity contribution >= 4 is 0 Å². The first-order chi connectivity index (χ1) is 7.08. The van der Waals surface area contributed by atoms with Gasteiger partial charge in [-0.2, -0.15) is 0 Å². The zero-order valence-electron chi connectivity index (χ0n) is 12.1. The Kier molecular flexibility index (Phi) is 4.07. The number of ether oxygens (including phenoxy) is 1. The Bertz CT molecular complexity index is 218. The third-order valence-corrected chi connectivity index (χ3v) is 3.40. The summed E-state index contributed by atoms with van der Waals surface area (Å²) in [5.74, 6) is 0. The first-order valence-electron chi connectivity index (χ1n) is 6.52. The highest BCUT2D eigenvalue weighted by atomic mass is 16.5. The molecule has 16 heavy (non-hydrogen) atoms. The van der Waals surface area contributed by atoms with Gasteiger partial charge in [0.2, 0.25) is 0 Å². The zero-order valence-corrected chi connectivity index (χ0v) is 12.1. The molecule has 0 aliphatic heterocycles. The van der Waals surface area contributed by atoms with Gasteiger partial charge in [-0.3, -0.25) is 0 Å². The predicted molar refractivity (Wildman–Crippen MR) is 69.7 cm³/mol. The summed E-state index contributed by atoms with van der Waals surface area (Å²) in [6, 6.07) is 1.22. The summed E-state index contributed by atoms with van der Waals surface area (Å²) in [6.45, 7) is 15.5. The highest BCUT2D eigenvalue weighted by Crippen LogP contribution is 2.29. The molecular weight excluding hydrogens is 198 g/mol. The number of hydrogen-bond donors (Lipinski definition) is 1. The summed E-state index contributed by atoms with van der Waals surface area (Å²) in [6.07, 6.45) is 2.79. The molecule has 0 spiro atoms. The van der Waals surface area contributed by atoms with Crippen LogP contribution in [0.3, 0.4) is 0 Å². The molecule has 1 N–H and O–H groups in total.